The van der Waals surface area contributed by atoms with Gasteiger partial charge in [0.25, 0.3) is 0 Å². The molecule has 1 atom stereocenters. The highest BCUT2D eigenvalue weighted by molar-refractivity contribution is 5.71. The molecule has 0 spiro atoms. The van der Waals surface area contributed by atoms with Gasteiger partial charge in [0, 0.05) is 19.3 Å². The minimum absolute atomic E-state index is 0.0695. The quantitative estimate of drug-likeness (QED) is 0.0261. The Bertz CT molecular complexity index is 1270. The molecule has 76 heavy (non-hydrogen) atoms. The lowest BCUT2D eigenvalue weighted by Crippen LogP contribution is -2.30. The van der Waals surface area contributed by atoms with Gasteiger partial charge < -0.3 is 14.2 Å². The number of carbonyl (C=O) groups excluding carboxylic acids is 3. The van der Waals surface area contributed by atoms with Gasteiger partial charge in [-0.3, -0.25) is 14.4 Å². The maximum absolute atomic E-state index is 12.9. The second kappa shape index (κ2) is 65.2. The highest BCUT2D eigenvalue weighted by Crippen LogP contribution is 2.18. The zero-order valence-corrected chi connectivity index (χ0v) is 51.3. The van der Waals surface area contributed by atoms with Crippen LogP contribution < -0.4 is 0 Å². The molecule has 0 bridgehead atoms. The molecule has 0 fully saturated rings. The molecule has 0 saturated heterocycles. The van der Waals surface area contributed by atoms with Gasteiger partial charge in [0.05, 0.1) is 0 Å². The predicted octanol–water partition coefficient (Wildman–Crippen LogP) is 23.2. The molecule has 1 unspecified atom stereocenters. The van der Waals surface area contributed by atoms with Gasteiger partial charge in [-0.25, -0.2) is 0 Å². The first-order valence-electron chi connectivity index (χ1n) is 34.0. The van der Waals surface area contributed by atoms with E-state index in [9.17, 15) is 14.4 Å². The van der Waals surface area contributed by atoms with Crippen LogP contribution in [-0.4, -0.2) is 37.2 Å². The van der Waals surface area contributed by atoms with Crippen molar-refractivity contribution in [3.05, 3.63) is 36.5 Å². The number of allylic oxidation sites excluding steroid dienone is 6. The SMILES string of the molecule is CCCCCCC/C=C\C/C=C\CCCCCCCCCCCCCC(=O)OCC(COC(=O)CCCCCCCCCCCCCCCCCCC)OC(=O)CCCCCCCCC/C=C\CCCCCCCCC. The van der Waals surface area contributed by atoms with Gasteiger partial charge >= 0.3 is 17.9 Å². The van der Waals surface area contributed by atoms with E-state index in [1.54, 1.807) is 0 Å². The fourth-order valence-corrected chi connectivity index (χ4v) is 10.2. The fraction of sp³-hybridized carbons (Fsp3) is 0.871. The van der Waals surface area contributed by atoms with Gasteiger partial charge in [0.15, 0.2) is 6.10 Å². The van der Waals surface area contributed by atoms with E-state index in [4.69, 9.17) is 14.2 Å². The Morgan fingerprint density at radius 1 is 0.263 bits per heavy atom. The van der Waals surface area contributed by atoms with Crippen molar-refractivity contribution in [3.63, 3.8) is 0 Å². The number of hydrogen-bond donors (Lipinski definition) is 0. The molecule has 0 radical (unpaired) electrons. The highest BCUT2D eigenvalue weighted by atomic mass is 16.6. The van der Waals surface area contributed by atoms with Gasteiger partial charge in [-0.15, -0.1) is 0 Å². The lowest BCUT2D eigenvalue weighted by molar-refractivity contribution is -0.167. The number of hydrogen-bond acceptors (Lipinski definition) is 6. The van der Waals surface area contributed by atoms with E-state index in [0.29, 0.717) is 19.3 Å². The molecule has 0 aromatic heterocycles. The van der Waals surface area contributed by atoms with E-state index in [1.807, 2.05) is 0 Å². The summed E-state index contributed by atoms with van der Waals surface area (Å²) in [6, 6.07) is 0. The Morgan fingerprint density at radius 2 is 0.474 bits per heavy atom. The van der Waals surface area contributed by atoms with Crippen LogP contribution >= 0.6 is 0 Å². The van der Waals surface area contributed by atoms with Crippen molar-refractivity contribution < 1.29 is 28.6 Å². The Morgan fingerprint density at radius 3 is 0.737 bits per heavy atom. The Kier molecular flexibility index (Phi) is 63.1. The minimum Gasteiger partial charge on any atom is -0.462 e. The van der Waals surface area contributed by atoms with E-state index in [2.05, 4.69) is 57.2 Å². The van der Waals surface area contributed by atoms with E-state index >= 15 is 0 Å². The van der Waals surface area contributed by atoms with Crippen LogP contribution in [-0.2, 0) is 28.6 Å². The zero-order valence-electron chi connectivity index (χ0n) is 51.3. The number of unbranched alkanes of at least 4 members (excludes halogenated alkanes) is 46. The molecular formula is C70H130O6. The molecule has 0 rings (SSSR count). The molecule has 0 aromatic carbocycles. The van der Waals surface area contributed by atoms with Crippen molar-refractivity contribution in [3.8, 4) is 0 Å². The molecule has 0 aromatic rings. The first-order valence-corrected chi connectivity index (χ1v) is 34.0. The van der Waals surface area contributed by atoms with Crippen LogP contribution in [0.2, 0.25) is 0 Å². The van der Waals surface area contributed by atoms with Gasteiger partial charge in [-0.05, 0) is 77.0 Å². The summed E-state index contributed by atoms with van der Waals surface area (Å²) < 4.78 is 17.0. The summed E-state index contributed by atoms with van der Waals surface area (Å²) in [6.45, 7) is 6.69. The first kappa shape index (κ1) is 73.6. The third kappa shape index (κ3) is 62.5. The first-order chi connectivity index (χ1) is 37.5. The molecule has 0 aliphatic heterocycles. The van der Waals surface area contributed by atoms with Crippen molar-refractivity contribution in [1.82, 2.24) is 0 Å². The van der Waals surface area contributed by atoms with E-state index < -0.39 is 6.10 Å². The van der Waals surface area contributed by atoms with Crippen molar-refractivity contribution in [2.45, 2.75) is 380 Å². The maximum atomic E-state index is 12.9. The largest absolute Gasteiger partial charge is 0.462 e. The number of esters is 3. The molecule has 0 heterocycles. The van der Waals surface area contributed by atoms with Crippen molar-refractivity contribution in [1.29, 1.82) is 0 Å². The number of carbonyl (C=O) groups is 3. The third-order valence-corrected chi connectivity index (χ3v) is 15.4. The van der Waals surface area contributed by atoms with Crippen molar-refractivity contribution >= 4 is 17.9 Å². The second-order valence-corrected chi connectivity index (χ2v) is 23.1. The van der Waals surface area contributed by atoms with Gasteiger partial charge in [0.2, 0.25) is 0 Å². The predicted molar refractivity (Wildman–Crippen MR) is 330 cm³/mol. The zero-order chi connectivity index (χ0) is 55.0. The van der Waals surface area contributed by atoms with E-state index in [-0.39, 0.29) is 31.1 Å². The lowest BCUT2D eigenvalue weighted by Gasteiger charge is -2.18. The summed E-state index contributed by atoms with van der Waals surface area (Å²) in [5.41, 5.74) is 0. The van der Waals surface area contributed by atoms with Gasteiger partial charge in [-0.1, -0.05) is 314 Å². The number of rotatable bonds is 63. The third-order valence-electron chi connectivity index (χ3n) is 15.4. The van der Waals surface area contributed by atoms with Crippen molar-refractivity contribution in [2.75, 3.05) is 13.2 Å². The monoisotopic (exact) mass is 1070 g/mol. The average Bonchev–Trinajstić information content (AvgIpc) is 3.42. The molecular weight excluding hydrogens is 937 g/mol. The topological polar surface area (TPSA) is 78.9 Å². The van der Waals surface area contributed by atoms with Crippen LogP contribution in [0.15, 0.2) is 36.5 Å². The molecule has 6 nitrogen and oxygen atoms in total. The van der Waals surface area contributed by atoms with Gasteiger partial charge in [0.1, 0.15) is 13.2 Å². The van der Waals surface area contributed by atoms with Gasteiger partial charge in [-0.2, -0.15) is 0 Å². The normalized spacial score (nSPS) is 12.2. The highest BCUT2D eigenvalue weighted by Gasteiger charge is 2.19. The summed E-state index contributed by atoms with van der Waals surface area (Å²) in [5.74, 6) is -0.848. The van der Waals surface area contributed by atoms with E-state index in [0.717, 1.165) is 64.2 Å². The van der Waals surface area contributed by atoms with Crippen LogP contribution in [0.3, 0.4) is 0 Å². The van der Waals surface area contributed by atoms with Crippen LogP contribution in [0.4, 0.5) is 0 Å². The van der Waals surface area contributed by atoms with Crippen LogP contribution in [0.1, 0.15) is 374 Å². The molecule has 0 aliphatic rings. The van der Waals surface area contributed by atoms with Crippen LogP contribution in [0, 0.1) is 0 Å². The van der Waals surface area contributed by atoms with Crippen LogP contribution in [0.25, 0.3) is 0 Å². The molecule has 0 saturated carbocycles. The molecule has 6 heteroatoms. The summed E-state index contributed by atoms with van der Waals surface area (Å²) in [7, 11) is 0. The average molecular weight is 1070 g/mol. The van der Waals surface area contributed by atoms with Crippen molar-refractivity contribution in [2.24, 2.45) is 0 Å². The smallest absolute Gasteiger partial charge is 0.306 e. The standard InChI is InChI=1S/C70H130O6/c1-4-7-10-13-16-19-22-25-28-31-33-34-35-36-37-40-42-45-48-51-54-57-60-63-69(72)75-66-67(65-74-68(71)62-59-56-53-50-47-44-41-38-30-27-24-21-18-15-12-9-6-3)76-70(73)64-61-58-55-52-49-46-43-39-32-29-26-23-20-17-14-11-8-5-2/h22,25,29,31-33,67H,4-21,23-24,26-28,30,34-66H2,1-3H3/b25-22-,32-29-,33-31-. The number of ether oxygens (including phenoxy) is 3. The fourth-order valence-electron chi connectivity index (χ4n) is 10.2. The molecule has 0 N–H and O–H groups in total. The Balaban J connectivity index is 4.31. The molecule has 0 amide bonds. The maximum Gasteiger partial charge on any atom is 0.306 e. The Hall–Kier alpha value is -2.37. The lowest BCUT2D eigenvalue weighted by atomic mass is 10.0. The van der Waals surface area contributed by atoms with E-state index in [1.165, 1.54) is 270 Å². The summed E-state index contributed by atoms with van der Waals surface area (Å²) in [5, 5.41) is 0. The summed E-state index contributed by atoms with van der Waals surface area (Å²) in [6.07, 6.45) is 80.1. The minimum atomic E-state index is -0.774. The Labute approximate surface area is 474 Å². The second-order valence-electron chi connectivity index (χ2n) is 23.1. The van der Waals surface area contributed by atoms with Crippen LogP contribution in [0.5, 0.6) is 0 Å². The summed E-state index contributed by atoms with van der Waals surface area (Å²) >= 11 is 0. The molecule has 0 aliphatic carbocycles. The molecule has 446 valence electrons. The summed E-state index contributed by atoms with van der Waals surface area (Å²) in [4.78, 5) is 38.4.